The zero-order chi connectivity index (χ0) is 21.4. The first-order valence-corrected chi connectivity index (χ1v) is 11.0. The minimum atomic E-state index is 0.657. The number of benzene rings is 2. The van der Waals surface area contributed by atoms with Crippen LogP contribution in [0.15, 0.2) is 72.6 Å². The van der Waals surface area contributed by atoms with Gasteiger partial charge < -0.3 is 9.64 Å². The molecule has 0 saturated carbocycles. The van der Waals surface area contributed by atoms with Crippen molar-refractivity contribution in [3.05, 3.63) is 83.2 Å². The van der Waals surface area contributed by atoms with E-state index in [1.807, 2.05) is 42.5 Å². The van der Waals surface area contributed by atoms with Gasteiger partial charge in [-0.1, -0.05) is 59.3 Å². The van der Waals surface area contributed by atoms with Crippen LogP contribution >= 0.6 is 22.9 Å². The molecule has 154 valence electrons. The van der Waals surface area contributed by atoms with Crippen LogP contribution in [0.1, 0.15) is 12.5 Å². The summed E-state index contributed by atoms with van der Waals surface area (Å²) in [7, 11) is 1.70. The van der Waals surface area contributed by atoms with Crippen LogP contribution in [0.25, 0.3) is 27.3 Å². The third-order valence-corrected chi connectivity index (χ3v) is 6.40. The van der Waals surface area contributed by atoms with Crippen LogP contribution in [0.4, 0.5) is 5.13 Å². The lowest BCUT2D eigenvalue weighted by Crippen LogP contribution is -2.23. The standard InChI is InChI=1S/C24H19ClN4OS/c1-15-13-17(19-5-3-4-6-21(19)30-2)11-12-29(15)24-28-22-23(31-24)27-20(14-26-22)16-7-9-18(25)10-8-16/h3-11,13-14H,12H2,1-2H3. The van der Waals surface area contributed by atoms with E-state index in [1.165, 1.54) is 0 Å². The molecule has 0 unspecified atom stereocenters. The fourth-order valence-electron chi connectivity index (χ4n) is 3.58. The molecule has 0 spiro atoms. The van der Waals surface area contributed by atoms with Gasteiger partial charge in [0, 0.05) is 28.4 Å². The molecule has 0 fully saturated rings. The number of rotatable bonds is 4. The monoisotopic (exact) mass is 446 g/mol. The number of halogens is 1. The summed E-state index contributed by atoms with van der Waals surface area (Å²) in [6.45, 7) is 2.81. The minimum absolute atomic E-state index is 0.657. The van der Waals surface area contributed by atoms with Crippen molar-refractivity contribution in [2.75, 3.05) is 18.6 Å². The fraction of sp³-hybridized carbons (Fsp3) is 0.125. The quantitative estimate of drug-likeness (QED) is 0.372. The van der Waals surface area contributed by atoms with Crippen LogP contribution in [-0.4, -0.2) is 28.6 Å². The van der Waals surface area contributed by atoms with Gasteiger partial charge >= 0.3 is 0 Å². The molecule has 4 aromatic rings. The lowest BCUT2D eigenvalue weighted by molar-refractivity contribution is 0.413. The second-order valence-corrected chi connectivity index (χ2v) is 8.54. The van der Waals surface area contributed by atoms with Crippen molar-refractivity contribution in [2.24, 2.45) is 0 Å². The second-order valence-electron chi connectivity index (χ2n) is 7.14. The molecule has 0 aliphatic carbocycles. The smallest absolute Gasteiger partial charge is 0.194 e. The Morgan fingerprint density at radius 3 is 2.65 bits per heavy atom. The average molecular weight is 447 g/mol. The predicted octanol–water partition coefficient (Wildman–Crippen LogP) is 6.22. The zero-order valence-electron chi connectivity index (χ0n) is 17.0. The van der Waals surface area contributed by atoms with Gasteiger partial charge in [0.15, 0.2) is 15.6 Å². The molecule has 3 heterocycles. The maximum Gasteiger partial charge on any atom is 0.194 e. The van der Waals surface area contributed by atoms with Crippen LogP contribution in [0.2, 0.25) is 5.02 Å². The summed E-state index contributed by atoms with van der Waals surface area (Å²) in [6.07, 6.45) is 6.11. The summed E-state index contributed by atoms with van der Waals surface area (Å²) in [5.74, 6) is 0.870. The molecular formula is C24H19ClN4OS. The van der Waals surface area contributed by atoms with Crippen molar-refractivity contribution in [2.45, 2.75) is 6.92 Å². The number of hydrogen-bond acceptors (Lipinski definition) is 6. The molecule has 0 N–H and O–H groups in total. The Bertz CT molecular complexity index is 1330. The Labute approximate surface area is 189 Å². The summed E-state index contributed by atoms with van der Waals surface area (Å²) in [4.78, 5) is 17.0. The highest BCUT2D eigenvalue weighted by atomic mass is 35.5. The molecular weight excluding hydrogens is 428 g/mol. The highest BCUT2D eigenvalue weighted by molar-refractivity contribution is 7.21. The van der Waals surface area contributed by atoms with Crippen LogP contribution in [-0.2, 0) is 0 Å². The molecule has 7 heteroatoms. The van der Waals surface area contributed by atoms with Gasteiger partial charge in [-0.15, -0.1) is 0 Å². The molecule has 0 bridgehead atoms. The topological polar surface area (TPSA) is 51.1 Å². The van der Waals surface area contributed by atoms with Crippen molar-refractivity contribution in [3.63, 3.8) is 0 Å². The van der Waals surface area contributed by atoms with Gasteiger partial charge in [0.25, 0.3) is 0 Å². The maximum atomic E-state index is 6.00. The Kier molecular flexibility index (Phi) is 5.18. The Morgan fingerprint density at radius 2 is 1.87 bits per heavy atom. The maximum absolute atomic E-state index is 6.00. The number of hydrogen-bond donors (Lipinski definition) is 0. The summed E-state index contributed by atoms with van der Waals surface area (Å²) in [5, 5.41) is 1.58. The van der Waals surface area contributed by atoms with Gasteiger partial charge in [-0.3, -0.25) is 0 Å². The third-order valence-electron chi connectivity index (χ3n) is 5.18. The van der Waals surface area contributed by atoms with Crippen LogP contribution in [0.3, 0.4) is 0 Å². The van der Waals surface area contributed by atoms with Crippen molar-refractivity contribution < 1.29 is 4.74 Å². The highest BCUT2D eigenvalue weighted by Gasteiger charge is 2.19. The molecule has 31 heavy (non-hydrogen) atoms. The number of aromatic nitrogens is 3. The van der Waals surface area contributed by atoms with Crippen molar-refractivity contribution in [1.82, 2.24) is 15.0 Å². The highest BCUT2D eigenvalue weighted by Crippen LogP contribution is 2.35. The summed E-state index contributed by atoms with van der Waals surface area (Å²) in [5.41, 5.74) is 5.79. The molecule has 5 nitrogen and oxygen atoms in total. The Hall–Kier alpha value is -3.22. The van der Waals surface area contributed by atoms with E-state index in [-0.39, 0.29) is 0 Å². The van der Waals surface area contributed by atoms with E-state index in [2.05, 4.69) is 35.0 Å². The van der Waals surface area contributed by atoms with Gasteiger partial charge in [-0.25, -0.2) is 9.97 Å². The lowest BCUT2D eigenvalue weighted by Gasteiger charge is -2.25. The minimum Gasteiger partial charge on any atom is -0.496 e. The third kappa shape index (κ3) is 3.80. The zero-order valence-corrected chi connectivity index (χ0v) is 18.6. The number of anilines is 1. The Balaban J connectivity index is 1.44. The number of thiazole rings is 1. The average Bonchev–Trinajstić information content (AvgIpc) is 3.22. The molecule has 0 radical (unpaired) electrons. The van der Waals surface area contributed by atoms with Gasteiger partial charge in [0.05, 0.1) is 19.0 Å². The van der Waals surface area contributed by atoms with E-state index in [0.717, 1.165) is 50.3 Å². The number of fused-ring (bicyclic) bond motifs is 1. The molecule has 0 saturated heterocycles. The first kappa shape index (κ1) is 19.7. The number of nitrogens with zero attached hydrogens (tertiary/aromatic N) is 4. The number of allylic oxidation sites excluding steroid dienone is 3. The summed E-state index contributed by atoms with van der Waals surface area (Å²) >= 11 is 7.54. The summed E-state index contributed by atoms with van der Waals surface area (Å²) in [6, 6.07) is 15.7. The van der Waals surface area contributed by atoms with Crippen molar-refractivity contribution in [3.8, 4) is 17.0 Å². The molecule has 0 amide bonds. The molecule has 1 aliphatic heterocycles. The van der Waals surface area contributed by atoms with E-state index in [9.17, 15) is 0 Å². The number of para-hydroxylation sites is 1. The van der Waals surface area contributed by atoms with Crippen LogP contribution in [0.5, 0.6) is 5.75 Å². The van der Waals surface area contributed by atoms with Crippen LogP contribution < -0.4 is 9.64 Å². The van der Waals surface area contributed by atoms with E-state index in [4.69, 9.17) is 26.3 Å². The second kappa shape index (κ2) is 8.13. The van der Waals surface area contributed by atoms with Crippen LogP contribution in [0, 0.1) is 0 Å². The predicted molar refractivity (Wildman–Crippen MR) is 128 cm³/mol. The van der Waals surface area contributed by atoms with E-state index < -0.39 is 0 Å². The van der Waals surface area contributed by atoms with Gasteiger partial charge in [-0.2, -0.15) is 4.98 Å². The van der Waals surface area contributed by atoms with Crippen molar-refractivity contribution in [1.29, 1.82) is 0 Å². The fourth-order valence-corrected chi connectivity index (χ4v) is 4.67. The van der Waals surface area contributed by atoms with E-state index in [1.54, 1.807) is 24.6 Å². The normalized spacial score (nSPS) is 13.8. The first-order valence-electron chi connectivity index (χ1n) is 9.81. The molecule has 5 rings (SSSR count). The number of ether oxygens (including phenoxy) is 1. The van der Waals surface area contributed by atoms with Gasteiger partial charge in [-0.05, 0) is 36.8 Å². The van der Waals surface area contributed by atoms with E-state index >= 15 is 0 Å². The lowest BCUT2D eigenvalue weighted by atomic mass is 10.0. The van der Waals surface area contributed by atoms with Crippen molar-refractivity contribution >= 4 is 44.1 Å². The Morgan fingerprint density at radius 1 is 1.06 bits per heavy atom. The van der Waals surface area contributed by atoms with Gasteiger partial charge in [0.1, 0.15) is 5.75 Å². The molecule has 2 aromatic carbocycles. The SMILES string of the molecule is COc1ccccc1C1=CCN(c2nc3ncc(-c4ccc(Cl)cc4)nc3s2)C(C)=C1. The summed E-state index contributed by atoms with van der Waals surface area (Å²) < 4.78 is 5.52. The number of methoxy groups -OCH3 is 1. The molecule has 0 atom stereocenters. The molecule has 1 aliphatic rings. The van der Waals surface area contributed by atoms with E-state index in [0.29, 0.717) is 10.7 Å². The largest absolute Gasteiger partial charge is 0.496 e. The molecule has 2 aromatic heterocycles. The van der Waals surface area contributed by atoms with Gasteiger partial charge in [0.2, 0.25) is 0 Å². The first-order chi connectivity index (χ1) is 15.1.